The van der Waals surface area contributed by atoms with E-state index in [0.29, 0.717) is 5.75 Å². The molecule has 1 heterocycles. The van der Waals surface area contributed by atoms with Crippen LogP contribution in [0, 0.1) is 0 Å². The fraction of sp³-hybridized carbons (Fsp3) is 0.333. The summed E-state index contributed by atoms with van der Waals surface area (Å²) in [5, 5.41) is 4.43. The first-order chi connectivity index (χ1) is 7.18. The summed E-state index contributed by atoms with van der Waals surface area (Å²) in [6.07, 6.45) is 0. The van der Waals surface area contributed by atoms with Crippen LogP contribution < -0.4 is 11.1 Å². The van der Waals surface area contributed by atoms with Crippen LogP contribution in [0.3, 0.4) is 0 Å². The van der Waals surface area contributed by atoms with E-state index >= 15 is 0 Å². The number of hydrogen-bond donors (Lipinski definition) is 2. The predicted molar refractivity (Wildman–Crippen MR) is 62.7 cm³/mol. The van der Waals surface area contributed by atoms with Crippen molar-refractivity contribution in [3.8, 4) is 0 Å². The maximum atomic E-state index is 11.1. The summed E-state index contributed by atoms with van der Waals surface area (Å²) < 4.78 is 0. The molecule has 82 valence electrons. The summed E-state index contributed by atoms with van der Waals surface area (Å²) in [5.41, 5.74) is 4.89. The van der Waals surface area contributed by atoms with Gasteiger partial charge in [-0.15, -0.1) is 23.1 Å². The van der Waals surface area contributed by atoms with E-state index in [1.54, 1.807) is 11.3 Å². The van der Waals surface area contributed by atoms with Crippen molar-refractivity contribution in [3.63, 3.8) is 0 Å². The van der Waals surface area contributed by atoms with Crippen LogP contribution in [0.15, 0.2) is 17.5 Å². The number of carbonyl (C=O) groups excluding carboxylic acids is 2. The Balaban J connectivity index is 2.09. The Labute approximate surface area is 96.2 Å². The zero-order valence-electron chi connectivity index (χ0n) is 8.06. The Morgan fingerprint density at radius 2 is 2.33 bits per heavy atom. The monoisotopic (exact) mass is 244 g/mol. The molecular formula is C9H12N2O2S2. The van der Waals surface area contributed by atoms with Crippen molar-refractivity contribution < 1.29 is 9.59 Å². The molecule has 0 saturated carbocycles. The summed E-state index contributed by atoms with van der Waals surface area (Å²) in [6, 6.07) is 4.01. The lowest BCUT2D eigenvalue weighted by molar-refractivity contribution is -0.123. The fourth-order valence-corrected chi connectivity index (χ4v) is 2.57. The number of nitrogens with two attached hydrogens (primary N) is 1. The Bertz CT molecular complexity index is 325. The second kappa shape index (κ2) is 6.47. The summed E-state index contributed by atoms with van der Waals surface area (Å²) >= 11 is 3.18. The van der Waals surface area contributed by atoms with Crippen molar-refractivity contribution in [1.82, 2.24) is 5.32 Å². The van der Waals surface area contributed by atoms with Crippen molar-refractivity contribution in [2.45, 2.75) is 5.75 Å². The first-order valence-electron chi connectivity index (χ1n) is 4.33. The molecule has 0 aliphatic heterocycles. The van der Waals surface area contributed by atoms with Gasteiger partial charge in [0.05, 0.1) is 12.3 Å². The number of carbonyl (C=O) groups is 2. The van der Waals surface area contributed by atoms with E-state index in [0.717, 1.165) is 5.75 Å². The Kier molecular flexibility index (Phi) is 5.20. The van der Waals surface area contributed by atoms with Crippen molar-refractivity contribution in [3.05, 3.63) is 22.4 Å². The molecule has 3 N–H and O–H groups in total. The third-order valence-electron chi connectivity index (χ3n) is 1.52. The lowest BCUT2D eigenvalue weighted by Gasteiger charge is -2.01. The molecule has 0 bridgehead atoms. The van der Waals surface area contributed by atoms with Crippen LogP contribution in [-0.4, -0.2) is 24.1 Å². The molecule has 0 aliphatic carbocycles. The number of thioether (sulfide) groups is 1. The van der Waals surface area contributed by atoms with Gasteiger partial charge in [0.25, 0.3) is 0 Å². The molecular weight excluding hydrogens is 232 g/mol. The normalized spacial score (nSPS) is 9.87. The SMILES string of the molecule is NC(=O)CNC(=O)CSCc1cccs1. The molecule has 0 atom stereocenters. The molecule has 0 aromatic carbocycles. The standard InChI is InChI=1S/C9H12N2O2S2/c10-8(12)4-11-9(13)6-14-5-7-2-1-3-15-7/h1-3H,4-6H2,(H2,10,12)(H,11,13). The highest BCUT2D eigenvalue weighted by molar-refractivity contribution is 7.99. The molecule has 0 spiro atoms. The van der Waals surface area contributed by atoms with Gasteiger partial charge in [-0.05, 0) is 11.4 Å². The zero-order chi connectivity index (χ0) is 11.1. The highest BCUT2D eigenvalue weighted by atomic mass is 32.2. The first kappa shape index (κ1) is 12.1. The molecule has 0 fully saturated rings. The van der Waals surface area contributed by atoms with E-state index in [9.17, 15) is 9.59 Å². The quantitative estimate of drug-likeness (QED) is 0.769. The van der Waals surface area contributed by atoms with Crippen molar-refractivity contribution in [2.24, 2.45) is 5.73 Å². The van der Waals surface area contributed by atoms with Crippen LogP contribution in [-0.2, 0) is 15.3 Å². The van der Waals surface area contributed by atoms with Gasteiger partial charge in [-0.25, -0.2) is 0 Å². The Morgan fingerprint density at radius 3 is 2.93 bits per heavy atom. The molecule has 2 amide bonds. The van der Waals surface area contributed by atoms with Gasteiger partial charge in [0.15, 0.2) is 0 Å². The lowest BCUT2D eigenvalue weighted by Crippen LogP contribution is -2.34. The molecule has 6 heteroatoms. The number of rotatable bonds is 6. The van der Waals surface area contributed by atoms with Crippen molar-refractivity contribution >= 4 is 34.9 Å². The fourth-order valence-electron chi connectivity index (χ4n) is 0.876. The predicted octanol–water partition coefficient (Wildman–Crippen LogP) is 0.583. The third-order valence-corrected chi connectivity index (χ3v) is 3.56. The molecule has 1 aromatic heterocycles. The van der Waals surface area contributed by atoms with Gasteiger partial charge < -0.3 is 11.1 Å². The third kappa shape index (κ3) is 5.44. The lowest BCUT2D eigenvalue weighted by atomic mass is 10.5. The number of thiophene rings is 1. The first-order valence-corrected chi connectivity index (χ1v) is 6.37. The van der Waals surface area contributed by atoms with Crippen LogP contribution in [0.25, 0.3) is 0 Å². The molecule has 4 nitrogen and oxygen atoms in total. The molecule has 1 rings (SSSR count). The van der Waals surface area contributed by atoms with Crippen LogP contribution in [0.2, 0.25) is 0 Å². The van der Waals surface area contributed by atoms with E-state index in [2.05, 4.69) is 5.32 Å². The highest BCUT2D eigenvalue weighted by Crippen LogP contribution is 2.16. The Hall–Kier alpha value is -1.01. The van der Waals surface area contributed by atoms with Gasteiger partial charge in [-0.1, -0.05) is 6.07 Å². The van der Waals surface area contributed by atoms with E-state index in [1.807, 2.05) is 17.5 Å². The van der Waals surface area contributed by atoms with Gasteiger partial charge >= 0.3 is 0 Å². The van der Waals surface area contributed by atoms with Crippen molar-refractivity contribution in [2.75, 3.05) is 12.3 Å². The number of primary amides is 1. The summed E-state index contributed by atoms with van der Waals surface area (Å²) in [4.78, 5) is 22.7. The number of hydrogen-bond acceptors (Lipinski definition) is 4. The van der Waals surface area contributed by atoms with E-state index in [4.69, 9.17) is 5.73 Å². The average molecular weight is 244 g/mol. The summed E-state index contributed by atoms with van der Waals surface area (Å²) in [7, 11) is 0. The molecule has 15 heavy (non-hydrogen) atoms. The molecule has 0 unspecified atom stereocenters. The number of amides is 2. The van der Waals surface area contributed by atoms with Crippen LogP contribution in [0.4, 0.5) is 0 Å². The van der Waals surface area contributed by atoms with E-state index in [1.165, 1.54) is 16.6 Å². The van der Waals surface area contributed by atoms with Gasteiger partial charge in [-0.2, -0.15) is 0 Å². The number of nitrogens with one attached hydrogen (secondary N) is 1. The van der Waals surface area contributed by atoms with Gasteiger partial charge in [0.2, 0.25) is 11.8 Å². The minimum Gasteiger partial charge on any atom is -0.368 e. The summed E-state index contributed by atoms with van der Waals surface area (Å²) in [6.45, 7) is -0.0849. The topological polar surface area (TPSA) is 72.2 Å². The second-order valence-corrected chi connectivity index (χ2v) is 4.83. The molecule has 0 radical (unpaired) electrons. The molecule has 0 aliphatic rings. The van der Waals surface area contributed by atoms with Gasteiger partial charge in [0, 0.05) is 10.6 Å². The maximum absolute atomic E-state index is 11.1. The largest absolute Gasteiger partial charge is 0.368 e. The maximum Gasteiger partial charge on any atom is 0.236 e. The van der Waals surface area contributed by atoms with Crippen LogP contribution in [0.1, 0.15) is 4.88 Å². The second-order valence-electron chi connectivity index (χ2n) is 2.82. The summed E-state index contributed by atoms with van der Waals surface area (Å²) in [5.74, 6) is 0.495. The van der Waals surface area contributed by atoms with E-state index in [-0.39, 0.29) is 12.5 Å². The van der Waals surface area contributed by atoms with Crippen molar-refractivity contribution in [1.29, 1.82) is 0 Å². The van der Waals surface area contributed by atoms with E-state index < -0.39 is 5.91 Å². The molecule has 1 aromatic rings. The smallest absolute Gasteiger partial charge is 0.236 e. The van der Waals surface area contributed by atoms with Gasteiger partial charge in [-0.3, -0.25) is 9.59 Å². The molecule has 0 saturated heterocycles. The zero-order valence-corrected chi connectivity index (χ0v) is 9.70. The van der Waals surface area contributed by atoms with Crippen LogP contribution in [0.5, 0.6) is 0 Å². The highest BCUT2D eigenvalue weighted by Gasteiger charge is 2.03. The minimum absolute atomic E-state index is 0.0849. The van der Waals surface area contributed by atoms with Crippen LogP contribution >= 0.6 is 23.1 Å². The minimum atomic E-state index is -0.522. The van der Waals surface area contributed by atoms with Gasteiger partial charge in [0.1, 0.15) is 0 Å². The average Bonchev–Trinajstić information content (AvgIpc) is 2.67. The Morgan fingerprint density at radius 1 is 1.53 bits per heavy atom.